The molecule has 0 radical (unpaired) electrons. The van der Waals surface area contributed by atoms with Gasteiger partial charge in [0.2, 0.25) is 10.0 Å². The number of methoxy groups -OCH3 is 1. The zero-order chi connectivity index (χ0) is 17.7. The highest BCUT2D eigenvalue weighted by Gasteiger charge is 2.13. The van der Waals surface area contributed by atoms with Crippen molar-refractivity contribution in [1.29, 1.82) is 0 Å². The molecule has 0 spiro atoms. The third kappa shape index (κ3) is 4.80. The predicted octanol–water partition coefficient (Wildman–Crippen LogP) is 2.45. The summed E-state index contributed by atoms with van der Waals surface area (Å²) < 4.78 is 30.3. The second-order valence-electron chi connectivity index (χ2n) is 5.67. The molecule has 0 amide bonds. The molecule has 0 atom stereocenters. The average molecular weight is 346 g/mol. The van der Waals surface area contributed by atoms with Crippen LogP contribution in [0.1, 0.15) is 22.5 Å². The topological polar surface area (TPSA) is 62.4 Å². The molecular formula is C18H22N2O3S. The van der Waals surface area contributed by atoms with Gasteiger partial charge in [0.05, 0.1) is 13.4 Å². The quantitative estimate of drug-likeness (QED) is 0.668. The van der Waals surface area contributed by atoms with E-state index in [1.165, 1.54) is 10.6 Å². The van der Waals surface area contributed by atoms with Gasteiger partial charge in [-0.1, -0.05) is 6.07 Å². The van der Waals surface area contributed by atoms with Crippen LogP contribution >= 0.6 is 0 Å². The minimum atomic E-state index is -3.41. The number of hydrogen-bond acceptors (Lipinski definition) is 3. The van der Waals surface area contributed by atoms with Crippen molar-refractivity contribution >= 4 is 10.0 Å². The lowest BCUT2D eigenvalue weighted by atomic mass is 10.2. The molecule has 0 aliphatic carbocycles. The van der Waals surface area contributed by atoms with Crippen LogP contribution in [0.3, 0.4) is 0 Å². The summed E-state index contributed by atoms with van der Waals surface area (Å²) in [5, 5.41) is 0. The molecule has 0 aliphatic heterocycles. The smallest absolute Gasteiger partial charge is 0.238 e. The van der Waals surface area contributed by atoms with E-state index in [1.807, 2.05) is 38.1 Å². The van der Waals surface area contributed by atoms with Crippen LogP contribution in [-0.2, 0) is 16.4 Å². The van der Waals surface area contributed by atoms with E-state index in [2.05, 4.69) is 16.9 Å². The minimum absolute atomic E-state index is 0.302. The molecule has 1 aromatic carbocycles. The summed E-state index contributed by atoms with van der Waals surface area (Å²) >= 11 is 0. The van der Waals surface area contributed by atoms with Crippen LogP contribution < -0.4 is 4.74 Å². The maximum absolute atomic E-state index is 12.0. The molecule has 0 saturated heterocycles. The number of benzene rings is 1. The maximum atomic E-state index is 12.0. The normalized spacial score (nSPS) is 10.8. The molecule has 0 aliphatic rings. The molecule has 6 heteroatoms. The summed E-state index contributed by atoms with van der Waals surface area (Å²) in [6.45, 7) is 4.29. The highest BCUT2D eigenvalue weighted by atomic mass is 32.2. The fourth-order valence-electron chi connectivity index (χ4n) is 2.39. The lowest BCUT2D eigenvalue weighted by molar-refractivity contribution is 0.414. The van der Waals surface area contributed by atoms with E-state index in [-0.39, 0.29) is 0 Å². The minimum Gasteiger partial charge on any atom is -0.497 e. The first-order valence-electron chi connectivity index (χ1n) is 7.58. The number of hydrogen-bond donors (Lipinski definition) is 1. The lowest BCUT2D eigenvalue weighted by Gasteiger charge is -2.14. The third-order valence-corrected chi connectivity index (χ3v) is 4.69. The molecule has 1 N–H and O–H groups in total. The van der Waals surface area contributed by atoms with Crippen LogP contribution in [0.15, 0.2) is 30.3 Å². The Morgan fingerprint density at radius 2 is 2.00 bits per heavy atom. The lowest BCUT2D eigenvalue weighted by Crippen LogP contribution is -2.27. The first-order chi connectivity index (χ1) is 11.3. The number of H-pyrrole nitrogens is 1. The van der Waals surface area contributed by atoms with Crippen molar-refractivity contribution in [1.82, 2.24) is 9.29 Å². The number of nitrogens with one attached hydrogen (secondary N) is 1. The Morgan fingerprint density at radius 3 is 2.58 bits per heavy atom. The van der Waals surface area contributed by atoms with Gasteiger partial charge in [-0.25, -0.2) is 12.7 Å². The van der Waals surface area contributed by atoms with Gasteiger partial charge in [-0.05, 0) is 49.6 Å². The number of rotatable bonds is 5. The highest BCUT2D eigenvalue weighted by molar-refractivity contribution is 7.88. The number of sulfonamides is 1. The van der Waals surface area contributed by atoms with Crippen molar-refractivity contribution in [2.75, 3.05) is 19.9 Å². The van der Waals surface area contributed by atoms with E-state index in [0.29, 0.717) is 24.3 Å². The van der Waals surface area contributed by atoms with Gasteiger partial charge in [-0.2, -0.15) is 0 Å². The standard InChI is InChI=1S/C18H22N2O3S/c1-14-12-15(2)19-18(14)9-11-20(24(4,21)22)10-8-16-6-5-7-17(13-16)23-3/h5-7,12-13,19H,9,11H2,1-4H3. The molecule has 24 heavy (non-hydrogen) atoms. The Labute approximate surface area is 143 Å². The molecule has 0 unspecified atom stereocenters. The van der Waals surface area contributed by atoms with E-state index in [1.54, 1.807) is 13.2 Å². The molecule has 1 heterocycles. The van der Waals surface area contributed by atoms with Crippen molar-refractivity contribution in [3.8, 4) is 17.7 Å². The second-order valence-corrected chi connectivity index (χ2v) is 7.57. The summed E-state index contributed by atoms with van der Waals surface area (Å²) in [7, 11) is -1.83. The average Bonchev–Trinajstić information content (AvgIpc) is 2.84. The van der Waals surface area contributed by atoms with Crippen LogP contribution in [-0.4, -0.2) is 37.6 Å². The molecule has 128 valence electrons. The summed E-state index contributed by atoms with van der Waals surface area (Å²) in [6.07, 6.45) is 1.75. The SMILES string of the molecule is COc1cccc(C#CN(CCc2[nH]c(C)cc2C)S(C)(=O)=O)c1. The maximum Gasteiger partial charge on any atom is 0.238 e. The van der Waals surface area contributed by atoms with Gasteiger partial charge in [0.15, 0.2) is 0 Å². The number of nitrogens with zero attached hydrogens (tertiary/aromatic N) is 1. The van der Waals surface area contributed by atoms with Crippen molar-refractivity contribution in [3.63, 3.8) is 0 Å². The second kappa shape index (κ2) is 7.45. The molecule has 5 nitrogen and oxygen atoms in total. The van der Waals surface area contributed by atoms with Crippen LogP contribution in [0.25, 0.3) is 0 Å². The fourth-order valence-corrected chi connectivity index (χ4v) is 3.02. The number of aromatic amines is 1. The van der Waals surface area contributed by atoms with Crippen molar-refractivity contribution < 1.29 is 13.2 Å². The predicted molar refractivity (Wildman–Crippen MR) is 95.4 cm³/mol. The van der Waals surface area contributed by atoms with Crippen LogP contribution in [0, 0.1) is 25.8 Å². The van der Waals surface area contributed by atoms with E-state index in [9.17, 15) is 8.42 Å². The van der Waals surface area contributed by atoms with Gasteiger partial charge >= 0.3 is 0 Å². The summed E-state index contributed by atoms with van der Waals surface area (Å²) in [4.78, 5) is 3.25. The van der Waals surface area contributed by atoms with Crippen molar-refractivity contribution in [2.45, 2.75) is 20.3 Å². The van der Waals surface area contributed by atoms with Crippen LogP contribution in [0.2, 0.25) is 0 Å². The Bertz CT molecular complexity index is 873. The fraction of sp³-hybridized carbons (Fsp3) is 0.333. The summed E-state index contributed by atoms with van der Waals surface area (Å²) in [5.41, 5.74) is 3.93. The first kappa shape index (κ1) is 18.0. The molecule has 0 fully saturated rings. The van der Waals surface area contributed by atoms with Crippen LogP contribution in [0.4, 0.5) is 0 Å². The van der Waals surface area contributed by atoms with Gasteiger partial charge < -0.3 is 9.72 Å². The third-order valence-electron chi connectivity index (χ3n) is 3.62. The van der Waals surface area contributed by atoms with E-state index in [4.69, 9.17) is 4.74 Å². The highest BCUT2D eigenvalue weighted by Crippen LogP contribution is 2.13. The molecule has 1 aromatic heterocycles. The molecule has 2 aromatic rings. The Balaban J connectivity index is 2.18. The summed E-state index contributed by atoms with van der Waals surface area (Å²) in [6, 6.07) is 12.0. The summed E-state index contributed by atoms with van der Waals surface area (Å²) in [5.74, 6) is 3.57. The largest absolute Gasteiger partial charge is 0.497 e. The molecule has 0 bridgehead atoms. The molecule has 2 rings (SSSR count). The van der Waals surface area contributed by atoms with E-state index >= 15 is 0 Å². The van der Waals surface area contributed by atoms with Gasteiger partial charge in [-0.3, -0.25) is 0 Å². The monoisotopic (exact) mass is 346 g/mol. The van der Waals surface area contributed by atoms with Gasteiger partial charge in [-0.15, -0.1) is 0 Å². The van der Waals surface area contributed by atoms with E-state index in [0.717, 1.165) is 17.0 Å². The Kier molecular flexibility index (Phi) is 5.58. The van der Waals surface area contributed by atoms with E-state index < -0.39 is 10.0 Å². The number of ether oxygens (including phenoxy) is 1. The van der Waals surface area contributed by atoms with Gasteiger partial charge in [0, 0.05) is 36.0 Å². The molecular weight excluding hydrogens is 324 g/mol. The van der Waals surface area contributed by atoms with Gasteiger partial charge in [0.1, 0.15) is 5.75 Å². The molecule has 0 saturated carbocycles. The zero-order valence-electron chi connectivity index (χ0n) is 14.4. The first-order valence-corrected chi connectivity index (χ1v) is 9.43. The van der Waals surface area contributed by atoms with Crippen molar-refractivity contribution in [2.24, 2.45) is 0 Å². The zero-order valence-corrected chi connectivity index (χ0v) is 15.2. The van der Waals surface area contributed by atoms with Gasteiger partial charge in [0.25, 0.3) is 0 Å². The number of aryl methyl sites for hydroxylation is 2. The number of aromatic nitrogens is 1. The van der Waals surface area contributed by atoms with Crippen molar-refractivity contribution in [3.05, 3.63) is 52.8 Å². The van der Waals surface area contributed by atoms with Crippen LogP contribution in [0.5, 0.6) is 5.75 Å². The Morgan fingerprint density at radius 1 is 1.25 bits per heavy atom. The Hall–Kier alpha value is -2.39.